The fourth-order valence-electron chi connectivity index (χ4n) is 1.30. The molecule has 0 N–H and O–H groups in total. The smallest absolute Gasteiger partial charge is 0.145 e. The predicted octanol–water partition coefficient (Wildman–Crippen LogP) is 3.77. The molecule has 0 radical (unpaired) electrons. The maximum Gasteiger partial charge on any atom is 0.145 e. The highest BCUT2D eigenvalue weighted by atomic mass is 79.9. The van der Waals surface area contributed by atoms with Crippen molar-refractivity contribution in [2.45, 2.75) is 0 Å². The van der Waals surface area contributed by atoms with Gasteiger partial charge >= 0.3 is 0 Å². The maximum absolute atomic E-state index is 5.22. The van der Waals surface area contributed by atoms with E-state index in [-0.39, 0.29) is 0 Å². The quantitative estimate of drug-likeness (QED) is 0.799. The summed E-state index contributed by atoms with van der Waals surface area (Å²) in [5.41, 5.74) is 0.866. The van der Waals surface area contributed by atoms with Crippen LogP contribution in [0, 0.1) is 0 Å². The summed E-state index contributed by atoms with van der Waals surface area (Å²) in [5.74, 6) is 0.788. The summed E-state index contributed by atoms with van der Waals surface area (Å²) in [7, 11) is 1.65. The normalized spacial score (nSPS) is 10.5. The van der Waals surface area contributed by atoms with E-state index in [2.05, 4.69) is 36.8 Å². The summed E-state index contributed by atoms with van der Waals surface area (Å²) in [6, 6.07) is 5.84. The third-order valence-electron chi connectivity index (χ3n) is 1.97. The minimum atomic E-state index is 0.788. The first kappa shape index (κ1) is 9.93. The summed E-state index contributed by atoms with van der Waals surface area (Å²) in [6.45, 7) is 0. The zero-order valence-corrected chi connectivity index (χ0v) is 10.6. The van der Waals surface area contributed by atoms with Gasteiger partial charge in [-0.05, 0) is 37.9 Å². The molecule has 1 aromatic carbocycles. The lowest BCUT2D eigenvalue weighted by atomic mass is 10.2. The van der Waals surface area contributed by atoms with Crippen LogP contribution in [-0.2, 0) is 0 Å². The second-order valence-corrected chi connectivity index (χ2v) is 4.42. The van der Waals surface area contributed by atoms with Gasteiger partial charge < -0.3 is 4.74 Å². The van der Waals surface area contributed by atoms with Crippen molar-refractivity contribution in [2.24, 2.45) is 0 Å². The van der Waals surface area contributed by atoms with Crippen molar-refractivity contribution in [1.82, 2.24) is 4.98 Å². The van der Waals surface area contributed by atoms with Crippen molar-refractivity contribution in [2.75, 3.05) is 7.11 Å². The molecule has 0 aliphatic carbocycles. The third-order valence-corrected chi connectivity index (χ3v) is 3.96. The Bertz CT molecular complexity index is 485. The van der Waals surface area contributed by atoms with Crippen molar-refractivity contribution in [1.29, 1.82) is 0 Å². The Morgan fingerprint density at radius 1 is 1.29 bits per heavy atom. The summed E-state index contributed by atoms with van der Waals surface area (Å²) in [4.78, 5) is 4.31. The maximum atomic E-state index is 5.22. The molecule has 0 fully saturated rings. The van der Waals surface area contributed by atoms with Gasteiger partial charge in [0.2, 0.25) is 0 Å². The lowest BCUT2D eigenvalue weighted by Gasteiger charge is -2.06. The number of ether oxygens (including phenoxy) is 1. The van der Waals surface area contributed by atoms with E-state index in [0.29, 0.717) is 0 Å². The summed E-state index contributed by atoms with van der Waals surface area (Å²) < 4.78 is 7.17. The van der Waals surface area contributed by atoms with Gasteiger partial charge in [0.15, 0.2) is 0 Å². The van der Waals surface area contributed by atoms with Crippen LogP contribution in [0.15, 0.2) is 33.3 Å². The van der Waals surface area contributed by atoms with Crippen LogP contribution >= 0.6 is 31.9 Å². The summed E-state index contributed by atoms with van der Waals surface area (Å²) in [6.07, 6.45) is 1.76. The van der Waals surface area contributed by atoms with Crippen molar-refractivity contribution < 1.29 is 4.74 Å². The van der Waals surface area contributed by atoms with Crippen LogP contribution in [0.5, 0.6) is 5.75 Å². The number of pyridine rings is 1. The minimum absolute atomic E-state index is 0.788. The fraction of sp³-hybridized carbons (Fsp3) is 0.100. The molecule has 14 heavy (non-hydrogen) atoms. The first-order valence-electron chi connectivity index (χ1n) is 4.00. The molecule has 72 valence electrons. The lowest BCUT2D eigenvalue weighted by molar-refractivity contribution is 0.419. The number of benzene rings is 1. The molecule has 0 aliphatic rings. The Morgan fingerprint density at radius 3 is 2.79 bits per heavy atom. The Morgan fingerprint density at radius 2 is 2.07 bits per heavy atom. The van der Waals surface area contributed by atoms with Crippen LogP contribution in [-0.4, -0.2) is 12.1 Å². The monoisotopic (exact) mass is 315 g/mol. The van der Waals surface area contributed by atoms with E-state index < -0.39 is 0 Å². The van der Waals surface area contributed by atoms with Crippen molar-refractivity contribution in [3.63, 3.8) is 0 Å². The van der Waals surface area contributed by atoms with Crippen LogP contribution in [0.3, 0.4) is 0 Å². The van der Waals surface area contributed by atoms with Gasteiger partial charge in [0.1, 0.15) is 11.3 Å². The molecule has 0 amide bonds. The number of halogens is 2. The number of para-hydroxylation sites is 1. The van der Waals surface area contributed by atoms with Crippen molar-refractivity contribution in [3.05, 3.63) is 33.3 Å². The topological polar surface area (TPSA) is 22.1 Å². The second-order valence-electron chi connectivity index (χ2n) is 2.78. The SMILES string of the molecule is COc1cccc2c(Br)c(Br)cnc12. The zero-order chi connectivity index (χ0) is 10.1. The largest absolute Gasteiger partial charge is 0.494 e. The Labute approximate surface area is 98.5 Å². The zero-order valence-electron chi connectivity index (χ0n) is 7.42. The average molecular weight is 317 g/mol. The molecule has 0 atom stereocenters. The number of hydrogen-bond acceptors (Lipinski definition) is 2. The number of aromatic nitrogens is 1. The highest BCUT2D eigenvalue weighted by molar-refractivity contribution is 9.13. The van der Waals surface area contributed by atoms with Gasteiger partial charge in [0.25, 0.3) is 0 Å². The molecule has 2 nitrogen and oxygen atoms in total. The molecule has 0 spiro atoms. The molecule has 1 aromatic heterocycles. The fourth-order valence-corrected chi connectivity index (χ4v) is 2.04. The highest BCUT2D eigenvalue weighted by Gasteiger charge is 2.07. The van der Waals surface area contributed by atoms with Gasteiger partial charge in [-0.2, -0.15) is 0 Å². The third kappa shape index (κ3) is 1.53. The number of nitrogens with zero attached hydrogens (tertiary/aromatic N) is 1. The number of methoxy groups -OCH3 is 1. The first-order chi connectivity index (χ1) is 6.74. The van der Waals surface area contributed by atoms with Gasteiger partial charge in [-0.15, -0.1) is 0 Å². The first-order valence-corrected chi connectivity index (χ1v) is 5.59. The van der Waals surface area contributed by atoms with E-state index in [1.807, 2.05) is 18.2 Å². The van der Waals surface area contributed by atoms with Crippen molar-refractivity contribution in [3.8, 4) is 5.75 Å². The molecule has 0 saturated carbocycles. The van der Waals surface area contributed by atoms with Crippen LogP contribution < -0.4 is 4.74 Å². The van der Waals surface area contributed by atoms with Crippen LogP contribution in [0.1, 0.15) is 0 Å². The van der Waals surface area contributed by atoms with Gasteiger partial charge in [-0.3, -0.25) is 4.98 Å². The van der Waals surface area contributed by atoms with Gasteiger partial charge in [-0.1, -0.05) is 12.1 Å². The molecule has 0 aliphatic heterocycles. The molecule has 2 rings (SSSR count). The number of rotatable bonds is 1. The Kier molecular flexibility index (Phi) is 2.74. The molecule has 0 bridgehead atoms. The van der Waals surface area contributed by atoms with Gasteiger partial charge in [0, 0.05) is 16.1 Å². The van der Waals surface area contributed by atoms with E-state index in [9.17, 15) is 0 Å². The predicted molar refractivity (Wildman–Crippen MR) is 63.7 cm³/mol. The molecule has 1 heterocycles. The average Bonchev–Trinajstić information content (AvgIpc) is 2.23. The Balaban J connectivity index is 2.86. The van der Waals surface area contributed by atoms with E-state index in [1.54, 1.807) is 13.3 Å². The summed E-state index contributed by atoms with van der Waals surface area (Å²) >= 11 is 6.91. The van der Waals surface area contributed by atoms with E-state index in [4.69, 9.17) is 4.74 Å². The Hall–Kier alpha value is -0.610. The molecule has 2 aromatic rings. The summed E-state index contributed by atoms with van der Waals surface area (Å²) in [5, 5.41) is 1.04. The second kappa shape index (κ2) is 3.87. The molecule has 4 heteroatoms. The molecular formula is C10H7Br2NO. The van der Waals surface area contributed by atoms with Gasteiger partial charge in [0.05, 0.1) is 11.6 Å². The lowest BCUT2D eigenvalue weighted by Crippen LogP contribution is -1.88. The van der Waals surface area contributed by atoms with Crippen LogP contribution in [0.2, 0.25) is 0 Å². The van der Waals surface area contributed by atoms with Gasteiger partial charge in [-0.25, -0.2) is 0 Å². The standard InChI is InChI=1S/C10H7Br2NO/c1-14-8-4-2-3-6-9(12)7(11)5-13-10(6)8/h2-5H,1H3. The van der Waals surface area contributed by atoms with Crippen LogP contribution in [0.4, 0.5) is 0 Å². The van der Waals surface area contributed by atoms with E-state index in [0.717, 1.165) is 25.6 Å². The number of hydrogen-bond donors (Lipinski definition) is 0. The van der Waals surface area contributed by atoms with E-state index in [1.165, 1.54) is 0 Å². The van der Waals surface area contributed by atoms with E-state index >= 15 is 0 Å². The molecular weight excluding hydrogens is 310 g/mol. The molecule has 0 saturated heterocycles. The van der Waals surface area contributed by atoms with Crippen LogP contribution in [0.25, 0.3) is 10.9 Å². The highest BCUT2D eigenvalue weighted by Crippen LogP contribution is 2.33. The number of fused-ring (bicyclic) bond motifs is 1. The minimum Gasteiger partial charge on any atom is -0.494 e. The molecule has 0 unspecified atom stereocenters. The van der Waals surface area contributed by atoms with Crippen molar-refractivity contribution >= 4 is 42.8 Å².